The number of aliphatic imine (C=N–C) groups is 1. The maximum absolute atomic E-state index is 13.0. The summed E-state index contributed by atoms with van der Waals surface area (Å²) in [5.41, 5.74) is 5.83. The summed E-state index contributed by atoms with van der Waals surface area (Å²) in [6, 6.07) is 36.6. The summed E-state index contributed by atoms with van der Waals surface area (Å²) in [5, 5.41) is 0. The van der Waals surface area contributed by atoms with Crippen molar-refractivity contribution in [3.63, 3.8) is 0 Å². The fourth-order valence-corrected chi connectivity index (χ4v) is 4.13. The molecule has 0 spiro atoms. The van der Waals surface area contributed by atoms with Gasteiger partial charge < -0.3 is 9.64 Å². The van der Waals surface area contributed by atoms with E-state index in [1.54, 1.807) is 11.0 Å². The van der Waals surface area contributed by atoms with Gasteiger partial charge in [0.05, 0.1) is 5.69 Å². The van der Waals surface area contributed by atoms with Gasteiger partial charge in [0.25, 0.3) is 5.91 Å². The summed E-state index contributed by atoms with van der Waals surface area (Å²) in [6.07, 6.45) is 1.77. The van der Waals surface area contributed by atoms with Crippen molar-refractivity contribution in [2.75, 3.05) is 11.4 Å². The first-order valence-electron chi connectivity index (χ1n) is 12.0. The Hall–Kier alpha value is -4.64. The predicted molar refractivity (Wildman–Crippen MR) is 146 cm³/mol. The highest BCUT2D eigenvalue weighted by atomic mass is 16.5. The van der Waals surface area contributed by atoms with Crippen LogP contribution in [0.25, 0.3) is 6.08 Å². The quantitative estimate of drug-likeness (QED) is 0.275. The van der Waals surface area contributed by atoms with E-state index in [4.69, 9.17) is 4.74 Å². The lowest BCUT2D eigenvalue weighted by molar-refractivity contribution is -0.122. The third-order valence-corrected chi connectivity index (χ3v) is 6.01. The number of hydrogen-bond acceptors (Lipinski definition) is 4. The molecule has 0 aliphatic carbocycles. The Bertz CT molecular complexity index is 1370. The second-order valence-electron chi connectivity index (χ2n) is 8.44. The second kappa shape index (κ2) is 10.3. The van der Waals surface area contributed by atoms with E-state index in [-0.39, 0.29) is 11.7 Å². The monoisotopic (exact) mass is 473 g/mol. The van der Waals surface area contributed by atoms with E-state index in [2.05, 4.69) is 34.2 Å². The van der Waals surface area contributed by atoms with Gasteiger partial charge in [-0.2, -0.15) is 4.99 Å². The predicted octanol–water partition coefficient (Wildman–Crippen LogP) is 7.37. The van der Waals surface area contributed by atoms with Crippen molar-refractivity contribution in [3.05, 3.63) is 126 Å². The van der Waals surface area contributed by atoms with Gasteiger partial charge in [-0.05, 0) is 73.5 Å². The van der Waals surface area contributed by atoms with Crippen molar-refractivity contribution in [2.45, 2.75) is 13.8 Å². The lowest BCUT2D eigenvalue weighted by Gasteiger charge is -2.25. The zero-order valence-corrected chi connectivity index (χ0v) is 20.3. The molecular formula is C31H27N3O2. The summed E-state index contributed by atoms with van der Waals surface area (Å²) in [6.45, 7) is 4.37. The number of amides is 1. The highest BCUT2D eigenvalue weighted by molar-refractivity contribution is 6.11. The van der Waals surface area contributed by atoms with Gasteiger partial charge in [-0.25, -0.2) is 0 Å². The van der Waals surface area contributed by atoms with Crippen molar-refractivity contribution in [2.24, 2.45) is 4.99 Å². The molecule has 0 radical (unpaired) electrons. The first kappa shape index (κ1) is 23.1. The molecule has 0 N–H and O–H groups in total. The molecule has 0 unspecified atom stereocenters. The number of aryl methyl sites for hydroxylation is 1. The summed E-state index contributed by atoms with van der Waals surface area (Å²) in [7, 11) is 0. The number of benzene rings is 4. The van der Waals surface area contributed by atoms with Crippen LogP contribution in [0, 0.1) is 6.92 Å². The molecule has 5 rings (SSSR count). The van der Waals surface area contributed by atoms with Crippen LogP contribution in [-0.4, -0.2) is 23.4 Å². The van der Waals surface area contributed by atoms with Crippen LogP contribution in [0.1, 0.15) is 18.1 Å². The Kier molecular flexibility index (Phi) is 6.63. The third kappa shape index (κ3) is 4.77. The number of nitrogens with zero attached hydrogens (tertiary/aromatic N) is 3. The van der Waals surface area contributed by atoms with Gasteiger partial charge in [-0.15, -0.1) is 0 Å². The molecule has 0 aromatic heterocycles. The number of carbonyl (C=O) groups is 1. The zero-order chi connectivity index (χ0) is 24.9. The highest BCUT2D eigenvalue weighted by Gasteiger charge is 2.33. The number of carbonyl (C=O) groups excluding carboxylic acids is 1. The standard InChI is InChI=1S/C31H27N3O2/c1-3-33-30(35)29(36-31(33)32-28-17-11-10-12-23(28)2)22-24-18-20-27(21-19-24)34(25-13-6-4-7-14-25)26-15-8-5-9-16-26/h4-22H,3H2,1-2H3/b29-22+,32-31+. The molecule has 1 saturated heterocycles. The van der Waals surface area contributed by atoms with Gasteiger partial charge in [-0.1, -0.05) is 66.7 Å². The summed E-state index contributed by atoms with van der Waals surface area (Å²) in [5.74, 6) is 0.0732. The molecular weight excluding hydrogens is 446 g/mol. The molecule has 178 valence electrons. The number of anilines is 3. The van der Waals surface area contributed by atoms with E-state index >= 15 is 0 Å². The van der Waals surface area contributed by atoms with E-state index < -0.39 is 0 Å². The molecule has 5 nitrogen and oxygen atoms in total. The second-order valence-corrected chi connectivity index (χ2v) is 8.44. The molecule has 1 amide bonds. The van der Waals surface area contributed by atoms with Gasteiger partial charge in [-0.3, -0.25) is 9.69 Å². The van der Waals surface area contributed by atoms with Crippen molar-refractivity contribution in [3.8, 4) is 0 Å². The summed E-state index contributed by atoms with van der Waals surface area (Å²) in [4.78, 5) is 21.4. The number of ether oxygens (including phenoxy) is 1. The third-order valence-electron chi connectivity index (χ3n) is 6.01. The van der Waals surface area contributed by atoms with E-state index in [1.807, 2.05) is 98.8 Å². The SMILES string of the molecule is CCN1C(=O)/C(=C\c2ccc(N(c3ccccc3)c3ccccc3)cc2)O/C1=N/c1ccccc1C. The van der Waals surface area contributed by atoms with Crippen LogP contribution in [0.5, 0.6) is 0 Å². The molecule has 1 aliphatic rings. The number of amidine groups is 1. The molecule has 4 aromatic carbocycles. The van der Waals surface area contributed by atoms with Crippen LogP contribution in [0.3, 0.4) is 0 Å². The Balaban J connectivity index is 1.44. The molecule has 36 heavy (non-hydrogen) atoms. The maximum Gasteiger partial charge on any atom is 0.305 e. The zero-order valence-electron chi connectivity index (χ0n) is 20.3. The minimum Gasteiger partial charge on any atom is -0.419 e. The van der Waals surface area contributed by atoms with E-state index in [0.717, 1.165) is 33.9 Å². The van der Waals surface area contributed by atoms with Crippen LogP contribution < -0.4 is 4.90 Å². The van der Waals surface area contributed by atoms with Crippen molar-refractivity contribution < 1.29 is 9.53 Å². The number of rotatable bonds is 6. The minimum atomic E-state index is -0.191. The van der Waals surface area contributed by atoms with Crippen LogP contribution in [0.15, 0.2) is 120 Å². The first-order valence-corrected chi connectivity index (χ1v) is 12.0. The lowest BCUT2D eigenvalue weighted by Crippen LogP contribution is -2.29. The molecule has 1 fully saturated rings. The van der Waals surface area contributed by atoms with Crippen LogP contribution in [0.2, 0.25) is 0 Å². The Labute approximate surface area is 211 Å². The molecule has 0 saturated carbocycles. The van der Waals surface area contributed by atoms with E-state index in [9.17, 15) is 4.79 Å². The van der Waals surface area contributed by atoms with E-state index in [1.165, 1.54) is 0 Å². The largest absolute Gasteiger partial charge is 0.419 e. The van der Waals surface area contributed by atoms with Gasteiger partial charge >= 0.3 is 6.02 Å². The topological polar surface area (TPSA) is 45.1 Å². The van der Waals surface area contributed by atoms with Gasteiger partial charge in [0.15, 0.2) is 5.76 Å². The van der Waals surface area contributed by atoms with Crippen molar-refractivity contribution >= 4 is 40.8 Å². The fourth-order valence-electron chi connectivity index (χ4n) is 4.13. The average molecular weight is 474 g/mol. The average Bonchev–Trinajstić information content (AvgIpc) is 3.21. The van der Waals surface area contributed by atoms with Crippen LogP contribution in [0.4, 0.5) is 22.7 Å². The fraction of sp³-hybridized carbons (Fsp3) is 0.0968. The van der Waals surface area contributed by atoms with Crippen molar-refractivity contribution in [1.29, 1.82) is 0 Å². The van der Waals surface area contributed by atoms with Gasteiger partial charge in [0.1, 0.15) is 0 Å². The molecule has 0 atom stereocenters. The smallest absolute Gasteiger partial charge is 0.305 e. The van der Waals surface area contributed by atoms with E-state index in [0.29, 0.717) is 12.6 Å². The van der Waals surface area contributed by atoms with Gasteiger partial charge in [0.2, 0.25) is 0 Å². The Morgan fingerprint density at radius 1 is 0.778 bits per heavy atom. The summed E-state index contributed by atoms with van der Waals surface area (Å²) >= 11 is 0. The molecule has 1 heterocycles. The lowest BCUT2D eigenvalue weighted by atomic mass is 10.1. The van der Waals surface area contributed by atoms with Gasteiger partial charge in [0, 0.05) is 23.6 Å². The molecule has 1 aliphatic heterocycles. The Morgan fingerprint density at radius 2 is 1.33 bits per heavy atom. The normalized spacial score (nSPS) is 15.4. The van der Waals surface area contributed by atoms with Crippen LogP contribution >= 0.6 is 0 Å². The molecule has 0 bridgehead atoms. The minimum absolute atomic E-state index is 0.191. The highest BCUT2D eigenvalue weighted by Crippen LogP contribution is 2.34. The number of hydrogen-bond donors (Lipinski definition) is 0. The number of para-hydroxylation sites is 3. The van der Waals surface area contributed by atoms with Crippen LogP contribution in [-0.2, 0) is 9.53 Å². The molecule has 5 heteroatoms. The maximum atomic E-state index is 13.0. The number of likely N-dealkylation sites (N-methyl/N-ethyl adjacent to an activating group) is 1. The summed E-state index contributed by atoms with van der Waals surface area (Å²) < 4.78 is 5.93. The molecule has 4 aromatic rings. The Morgan fingerprint density at radius 3 is 1.92 bits per heavy atom. The van der Waals surface area contributed by atoms with Crippen molar-refractivity contribution in [1.82, 2.24) is 4.90 Å². The first-order chi connectivity index (χ1) is 17.6.